The average molecular weight is 341 g/mol. The van der Waals surface area contributed by atoms with Gasteiger partial charge in [-0.2, -0.15) is 4.91 Å². The molecule has 2 rings (SSSR count). The number of hydrogen-bond acceptors (Lipinski definition) is 3. The van der Waals surface area contributed by atoms with Crippen molar-refractivity contribution >= 4 is 18.6 Å². The standard InChI is InChI=1S/C12H16N2O.2ClH.H2O.Ti/c15-14-9-11(12-7-4-8-13-12)10-5-2-1-3-6-10;;;;/h1-3,5-6,11-13H,4,7-9H2;2*1H;1H2;/q;;;;+2/p-2/t11-,12-;;;;/m0..../s1. The van der Waals surface area contributed by atoms with Crippen LogP contribution < -0.4 is 5.32 Å². The van der Waals surface area contributed by atoms with E-state index >= 15 is 0 Å². The predicted octanol–water partition coefficient (Wildman–Crippen LogP) is 2.84. The Kier molecular flexibility index (Phi) is 11.8. The molecule has 3 N–H and O–H groups in total. The van der Waals surface area contributed by atoms with Crippen molar-refractivity contribution < 1.29 is 22.5 Å². The average Bonchev–Trinajstić information content (AvgIpc) is 2.91. The number of nitroso groups, excluding NO2 is 1. The molecule has 19 heavy (non-hydrogen) atoms. The molecule has 2 atom stereocenters. The van der Waals surface area contributed by atoms with E-state index in [0.29, 0.717) is 12.6 Å². The molecule has 0 radical (unpaired) electrons. The van der Waals surface area contributed by atoms with E-state index in [1.54, 1.807) is 0 Å². The van der Waals surface area contributed by atoms with E-state index in [-0.39, 0.29) is 11.4 Å². The second-order valence-electron chi connectivity index (χ2n) is 4.10. The Morgan fingerprint density at radius 3 is 2.47 bits per heavy atom. The van der Waals surface area contributed by atoms with E-state index in [1.807, 2.05) is 18.2 Å². The van der Waals surface area contributed by atoms with Crippen LogP contribution in [-0.2, 0) is 17.0 Å². The monoisotopic (exact) mass is 340 g/mol. The summed E-state index contributed by atoms with van der Waals surface area (Å²) >= 11 is -0.556. The van der Waals surface area contributed by atoms with Gasteiger partial charge in [0.25, 0.3) is 0 Å². The third kappa shape index (κ3) is 6.84. The van der Waals surface area contributed by atoms with Crippen molar-refractivity contribution in [2.45, 2.75) is 24.8 Å². The van der Waals surface area contributed by atoms with Crippen molar-refractivity contribution in [2.75, 3.05) is 13.1 Å². The number of benzene rings is 1. The summed E-state index contributed by atoms with van der Waals surface area (Å²) in [6.45, 7) is 1.44. The first kappa shape index (κ1) is 19.0. The summed E-state index contributed by atoms with van der Waals surface area (Å²) in [6.07, 6.45) is 2.35. The first-order valence-electron chi connectivity index (χ1n) is 5.87. The van der Waals surface area contributed by atoms with Gasteiger partial charge in [-0.15, -0.1) is 0 Å². The summed E-state index contributed by atoms with van der Waals surface area (Å²) in [5.41, 5.74) is 1.22. The molecule has 1 aromatic rings. The molecule has 0 unspecified atom stereocenters. The molecular formula is C12H18Cl2N2O2Ti. The molecule has 1 fully saturated rings. The Hall–Kier alpha value is 0.0343. The Morgan fingerprint density at radius 1 is 1.37 bits per heavy atom. The molecular weight excluding hydrogens is 323 g/mol. The molecule has 0 aliphatic carbocycles. The van der Waals surface area contributed by atoms with Crippen molar-refractivity contribution in [1.29, 1.82) is 0 Å². The van der Waals surface area contributed by atoms with Crippen molar-refractivity contribution in [3.05, 3.63) is 40.8 Å². The SMILES string of the molecule is O.O=NC[C@@H](c1ccccc1)[C@@H]1CCCN1.[Cl][Ti][Cl]. The van der Waals surface area contributed by atoms with E-state index in [1.165, 1.54) is 12.0 Å². The Balaban J connectivity index is 0.000000742. The van der Waals surface area contributed by atoms with Crippen molar-refractivity contribution in [3.8, 4) is 0 Å². The third-order valence-electron chi connectivity index (χ3n) is 3.08. The second kappa shape index (κ2) is 11.8. The summed E-state index contributed by atoms with van der Waals surface area (Å²) in [4.78, 5) is 10.5. The number of halogens is 2. The molecule has 0 aromatic heterocycles. The maximum atomic E-state index is 10.5. The molecule has 106 valence electrons. The first-order valence-corrected chi connectivity index (χ1v) is 10.2. The van der Waals surface area contributed by atoms with Gasteiger partial charge in [0.05, 0.1) is 6.54 Å². The molecule has 1 aliphatic heterocycles. The molecule has 4 nitrogen and oxygen atoms in total. The van der Waals surface area contributed by atoms with Gasteiger partial charge in [-0.3, -0.25) is 0 Å². The molecule has 0 bridgehead atoms. The quantitative estimate of drug-likeness (QED) is 0.676. The number of nitrogens with one attached hydrogen (secondary N) is 1. The van der Waals surface area contributed by atoms with Crippen LogP contribution in [0.3, 0.4) is 0 Å². The van der Waals surface area contributed by atoms with Crippen LogP contribution in [0.1, 0.15) is 24.3 Å². The van der Waals surface area contributed by atoms with Crippen LogP contribution >= 0.6 is 18.6 Å². The predicted molar refractivity (Wildman–Crippen MR) is 76.2 cm³/mol. The topological polar surface area (TPSA) is 73.0 Å². The van der Waals surface area contributed by atoms with Crippen molar-refractivity contribution in [3.63, 3.8) is 0 Å². The van der Waals surface area contributed by atoms with E-state index < -0.39 is 17.0 Å². The molecule has 1 aliphatic rings. The van der Waals surface area contributed by atoms with Gasteiger partial charge in [-0.05, 0) is 24.9 Å². The molecule has 0 amide bonds. The Labute approximate surface area is 130 Å². The summed E-state index contributed by atoms with van der Waals surface area (Å²) in [7, 11) is 9.78. The van der Waals surface area contributed by atoms with E-state index in [0.717, 1.165) is 13.0 Å². The van der Waals surface area contributed by atoms with Crippen LogP contribution in [0, 0.1) is 4.91 Å². The first-order chi connectivity index (χ1) is 8.83. The fourth-order valence-electron chi connectivity index (χ4n) is 2.30. The second-order valence-corrected chi connectivity index (χ2v) is 6.68. The van der Waals surface area contributed by atoms with Gasteiger partial charge in [0.2, 0.25) is 0 Å². The zero-order valence-electron chi connectivity index (χ0n) is 10.5. The number of hydrogen-bond donors (Lipinski definition) is 1. The van der Waals surface area contributed by atoms with E-state index in [9.17, 15) is 4.91 Å². The molecule has 1 heterocycles. The van der Waals surface area contributed by atoms with Crippen LogP contribution in [0.5, 0.6) is 0 Å². The fourth-order valence-corrected chi connectivity index (χ4v) is 2.30. The van der Waals surface area contributed by atoms with Crippen LogP contribution in [0.15, 0.2) is 35.5 Å². The fraction of sp³-hybridized carbons (Fsp3) is 0.500. The van der Waals surface area contributed by atoms with Gasteiger partial charge in [0.1, 0.15) is 0 Å². The Bertz CT molecular complexity index is 338. The maximum absolute atomic E-state index is 10.5. The molecule has 0 saturated carbocycles. The minimum atomic E-state index is -0.556. The third-order valence-corrected chi connectivity index (χ3v) is 3.08. The summed E-state index contributed by atoms with van der Waals surface area (Å²) in [5.74, 6) is 0.242. The molecule has 1 aromatic carbocycles. The van der Waals surface area contributed by atoms with Gasteiger partial charge in [0, 0.05) is 12.0 Å². The van der Waals surface area contributed by atoms with Crippen LogP contribution in [-0.4, -0.2) is 24.6 Å². The van der Waals surface area contributed by atoms with E-state index in [4.69, 9.17) is 18.6 Å². The zero-order valence-corrected chi connectivity index (χ0v) is 13.6. The normalized spacial score (nSPS) is 18.5. The minimum absolute atomic E-state index is 0. The summed E-state index contributed by atoms with van der Waals surface area (Å²) in [6, 6.07) is 10.6. The Morgan fingerprint density at radius 2 is 2.00 bits per heavy atom. The molecule has 0 spiro atoms. The van der Waals surface area contributed by atoms with Crippen LogP contribution in [0.4, 0.5) is 0 Å². The van der Waals surface area contributed by atoms with Gasteiger partial charge in [0.15, 0.2) is 0 Å². The molecule has 7 heteroatoms. The van der Waals surface area contributed by atoms with Gasteiger partial charge < -0.3 is 10.8 Å². The van der Waals surface area contributed by atoms with Crippen molar-refractivity contribution in [1.82, 2.24) is 5.32 Å². The van der Waals surface area contributed by atoms with Crippen molar-refractivity contribution in [2.24, 2.45) is 5.18 Å². The number of rotatable bonds is 4. The summed E-state index contributed by atoms with van der Waals surface area (Å²) in [5, 5.41) is 6.51. The summed E-state index contributed by atoms with van der Waals surface area (Å²) < 4.78 is 0. The van der Waals surface area contributed by atoms with Crippen LogP contribution in [0.2, 0.25) is 0 Å². The van der Waals surface area contributed by atoms with Gasteiger partial charge >= 0.3 is 35.6 Å². The molecule has 1 saturated heterocycles. The van der Waals surface area contributed by atoms with Crippen LogP contribution in [0.25, 0.3) is 0 Å². The van der Waals surface area contributed by atoms with Gasteiger partial charge in [-0.25, -0.2) is 0 Å². The zero-order chi connectivity index (χ0) is 13.2. The number of nitrogens with zero attached hydrogens (tertiary/aromatic N) is 1. The van der Waals surface area contributed by atoms with Gasteiger partial charge in [-0.1, -0.05) is 35.5 Å². The van der Waals surface area contributed by atoms with E-state index in [2.05, 4.69) is 22.6 Å².